The van der Waals surface area contributed by atoms with Crippen LogP contribution < -0.4 is 10.1 Å². The van der Waals surface area contributed by atoms with Crippen molar-refractivity contribution < 1.29 is 9.53 Å². The molecule has 1 N–H and O–H groups in total. The van der Waals surface area contributed by atoms with Crippen LogP contribution >= 0.6 is 11.8 Å². The third-order valence-corrected chi connectivity index (χ3v) is 6.04. The number of anilines is 1. The average molecular weight is 425 g/mol. The van der Waals surface area contributed by atoms with E-state index in [1.807, 2.05) is 68.8 Å². The number of carbonyl (C=O) groups excluding carboxylic acids is 1. The van der Waals surface area contributed by atoms with Gasteiger partial charge in [-0.1, -0.05) is 55.1 Å². The summed E-state index contributed by atoms with van der Waals surface area (Å²) in [4.78, 5) is 12.5. The summed E-state index contributed by atoms with van der Waals surface area (Å²) in [7, 11) is 1.89. The number of hydrogen-bond donors (Lipinski definition) is 1. The zero-order valence-corrected chi connectivity index (χ0v) is 19.0. The van der Waals surface area contributed by atoms with E-state index in [2.05, 4.69) is 22.4 Å². The third kappa shape index (κ3) is 5.02. The van der Waals surface area contributed by atoms with Crippen LogP contribution in [0.15, 0.2) is 41.6 Å². The van der Waals surface area contributed by atoms with Crippen molar-refractivity contribution in [3.8, 4) is 5.75 Å². The van der Waals surface area contributed by atoms with E-state index in [1.54, 1.807) is 0 Å². The molecule has 0 spiro atoms. The Morgan fingerprint density at radius 1 is 1.07 bits per heavy atom. The largest absolute Gasteiger partial charge is 0.485 e. The Labute approximate surface area is 182 Å². The van der Waals surface area contributed by atoms with Crippen molar-refractivity contribution in [3.63, 3.8) is 0 Å². The van der Waals surface area contributed by atoms with Gasteiger partial charge < -0.3 is 14.6 Å². The molecule has 3 aromatic rings. The lowest BCUT2D eigenvalue weighted by Gasteiger charge is -2.13. The highest BCUT2D eigenvalue weighted by atomic mass is 32.2. The summed E-state index contributed by atoms with van der Waals surface area (Å²) in [5.74, 6) is 1.80. The number of para-hydroxylation sites is 2. The van der Waals surface area contributed by atoms with E-state index in [9.17, 15) is 4.79 Å². The van der Waals surface area contributed by atoms with Gasteiger partial charge in [0.2, 0.25) is 5.91 Å². The molecule has 0 saturated heterocycles. The van der Waals surface area contributed by atoms with Gasteiger partial charge in [0, 0.05) is 12.7 Å². The summed E-state index contributed by atoms with van der Waals surface area (Å²) >= 11 is 1.36. The lowest BCUT2D eigenvalue weighted by Crippen LogP contribution is -2.16. The molecule has 2 aromatic carbocycles. The monoisotopic (exact) mass is 424 g/mol. The fraction of sp³-hybridized carbons (Fsp3) is 0.348. The van der Waals surface area contributed by atoms with E-state index in [0.29, 0.717) is 17.6 Å². The standard InChI is InChI=1S/C23H28N4O2S/c1-6-18-12-8-9-15(2)21(18)24-20(28)14-30-23-26-25-19(27(23)5)13-29-22-16(3)10-7-11-17(22)4/h7-12H,6,13-14H2,1-5H3,(H,24,28). The molecule has 0 bridgehead atoms. The van der Waals surface area contributed by atoms with Crippen molar-refractivity contribution in [1.82, 2.24) is 14.8 Å². The van der Waals surface area contributed by atoms with Crippen molar-refractivity contribution in [2.45, 2.75) is 45.9 Å². The summed E-state index contributed by atoms with van der Waals surface area (Å²) in [5, 5.41) is 12.2. The first-order chi connectivity index (χ1) is 14.4. The topological polar surface area (TPSA) is 69.0 Å². The summed E-state index contributed by atoms with van der Waals surface area (Å²) in [5.41, 5.74) is 5.29. The lowest BCUT2D eigenvalue weighted by atomic mass is 10.1. The van der Waals surface area contributed by atoms with E-state index >= 15 is 0 Å². The van der Waals surface area contributed by atoms with Crippen molar-refractivity contribution in [1.29, 1.82) is 0 Å². The zero-order chi connectivity index (χ0) is 21.7. The Bertz CT molecular complexity index is 1030. The lowest BCUT2D eigenvalue weighted by molar-refractivity contribution is -0.113. The quantitative estimate of drug-likeness (QED) is 0.535. The molecule has 0 fully saturated rings. The van der Waals surface area contributed by atoms with Gasteiger partial charge >= 0.3 is 0 Å². The van der Waals surface area contributed by atoms with Crippen molar-refractivity contribution in [2.24, 2.45) is 7.05 Å². The SMILES string of the molecule is CCc1cccc(C)c1NC(=O)CSc1nnc(COc2c(C)cccc2C)n1C. The molecule has 0 aliphatic carbocycles. The molecule has 0 saturated carbocycles. The number of rotatable bonds is 8. The van der Waals surface area contributed by atoms with Gasteiger partial charge in [0.1, 0.15) is 12.4 Å². The van der Waals surface area contributed by atoms with E-state index in [4.69, 9.17) is 4.74 Å². The van der Waals surface area contributed by atoms with Crippen molar-refractivity contribution >= 4 is 23.4 Å². The highest BCUT2D eigenvalue weighted by Crippen LogP contribution is 2.25. The van der Waals surface area contributed by atoms with Crippen molar-refractivity contribution in [2.75, 3.05) is 11.1 Å². The molecule has 0 atom stereocenters. The minimum atomic E-state index is -0.0552. The van der Waals surface area contributed by atoms with E-state index in [0.717, 1.165) is 40.1 Å². The van der Waals surface area contributed by atoms with Gasteiger partial charge in [-0.15, -0.1) is 10.2 Å². The minimum absolute atomic E-state index is 0.0552. The van der Waals surface area contributed by atoms with E-state index in [-0.39, 0.29) is 11.7 Å². The van der Waals surface area contributed by atoms with Crippen molar-refractivity contribution in [3.05, 3.63) is 64.5 Å². The van der Waals surface area contributed by atoms with Gasteiger partial charge in [-0.25, -0.2) is 0 Å². The second-order valence-corrected chi connectivity index (χ2v) is 8.21. The molecule has 1 aromatic heterocycles. The highest BCUT2D eigenvalue weighted by Gasteiger charge is 2.14. The number of carbonyl (C=O) groups is 1. The Balaban J connectivity index is 1.60. The Morgan fingerprint density at radius 3 is 2.43 bits per heavy atom. The van der Waals surface area contributed by atoms with Crippen LogP contribution in [0.1, 0.15) is 35.0 Å². The molecule has 7 heteroatoms. The van der Waals surface area contributed by atoms with Gasteiger partial charge in [0.15, 0.2) is 11.0 Å². The first-order valence-electron chi connectivity index (χ1n) is 9.99. The number of aromatic nitrogens is 3. The minimum Gasteiger partial charge on any atom is -0.485 e. The Kier molecular flexibility index (Phi) is 7.15. The molecule has 1 amide bonds. The second kappa shape index (κ2) is 9.80. The first kappa shape index (κ1) is 21.9. The molecule has 158 valence electrons. The van der Waals surface area contributed by atoms with Crippen LogP contribution in [0.4, 0.5) is 5.69 Å². The van der Waals surface area contributed by atoms with Crippen LogP contribution in [0.2, 0.25) is 0 Å². The summed E-state index contributed by atoms with van der Waals surface area (Å²) in [6.45, 7) is 8.47. The number of hydrogen-bond acceptors (Lipinski definition) is 5. The number of nitrogens with one attached hydrogen (secondary N) is 1. The second-order valence-electron chi connectivity index (χ2n) is 7.27. The normalized spacial score (nSPS) is 10.8. The predicted molar refractivity (Wildman–Crippen MR) is 121 cm³/mol. The Hall–Kier alpha value is -2.80. The molecule has 3 rings (SSSR count). The third-order valence-electron chi connectivity index (χ3n) is 5.02. The number of aryl methyl sites for hydroxylation is 4. The number of nitrogens with zero attached hydrogens (tertiary/aromatic N) is 3. The van der Waals surface area contributed by atoms with Crippen LogP contribution in [-0.4, -0.2) is 26.4 Å². The molecule has 6 nitrogen and oxygen atoms in total. The predicted octanol–water partition coefficient (Wildman–Crippen LogP) is 4.61. The molecule has 0 aliphatic heterocycles. The van der Waals surface area contributed by atoms with Gasteiger partial charge in [-0.2, -0.15) is 0 Å². The van der Waals surface area contributed by atoms with Gasteiger partial charge in [0.25, 0.3) is 0 Å². The summed E-state index contributed by atoms with van der Waals surface area (Å²) < 4.78 is 7.85. The van der Waals surface area contributed by atoms with E-state index in [1.165, 1.54) is 11.8 Å². The Morgan fingerprint density at radius 2 is 1.73 bits per heavy atom. The molecule has 30 heavy (non-hydrogen) atoms. The van der Waals surface area contributed by atoms with E-state index < -0.39 is 0 Å². The van der Waals surface area contributed by atoms with Gasteiger partial charge in [-0.05, 0) is 49.4 Å². The molecule has 0 unspecified atom stereocenters. The number of benzene rings is 2. The van der Waals surface area contributed by atoms with Crippen LogP contribution in [0.3, 0.4) is 0 Å². The maximum atomic E-state index is 12.5. The molecule has 0 radical (unpaired) electrons. The van der Waals surface area contributed by atoms with Crippen LogP contribution in [0.25, 0.3) is 0 Å². The molecular weight excluding hydrogens is 396 g/mol. The van der Waals surface area contributed by atoms with Gasteiger partial charge in [0.05, 0.1) is 5.75 Å². The summed E-state index contributed by atoms with van der Waals surface area (Å²) in [6, 6.07) is 12.1. The molecule has 0 aliphatic rings. The number of thioether (sulfide) groups is 1. The zero-order valence-electron chi connectivity index (χ0n) is 18.2. The molecule has 1 heterocycles. The summed E-state index contributed by atoms with van der Waals surface area (Å²) in [6.07, 6.45) is 0.872. The van der Waals surface area contributed by atoms with Crippen LogP contribution in [-0.2, 0) is 24.9 Å². The smallest absolute Gasteiger partial charge is 0.234 e. The maximum Gasteiger partial charge on any atom is 0.234 e. The fourth-order valence-electron chi connectivity index (χ4n) is 3.27. The number of ether oxygens (including phenoxy) is 1. The number of amides is 1. The first-order valence-corrected chi connectivity index (χ1v) is 11.0. The van der Waals surface area contributed by atoms with Gasteiger partial charge in [-0.3, -0.25) is 4.79 Å². The fourth-order valence-corrected chi connectivity index (χ4v) is 4.00. The maximum absolute atomic E-state index is 12.5. The highest BCUT2D eigenvalue weighted by molar-refractivity contribution is 7.99. The van der Waals surface area contributed by atoms with Crippen LogP contribution in [0.5, 0.6) is 5.75 Å². The molecular formula is C23H28N4O2S. The van der Waals surface area contributed by atoms with Crippen LogP contribution in [0, 0.1) is 20.8 Å². The average Bonchev–Trinajstić information content (AvgIpc) is 3.07.